The molecule has 0 aromatic heterocycles. The zero-order valence-corrected chi connectivity index (χ0v) is 11.0. The van der Waals surface area contributed by atoms with Crippen LogP contribution in [0.2, 0.25) is 0 Å². The molecule has 1 nitrogen and oxygen atoms in total. The molecule has 0 saturated heterocycles. The molecule has 4 aliphatic rings. The van der Waals surface area contributed by atoms with Crippen molar-refractivity contribution in [3.8, 4) is 0 Å². The number of carbonyl (C=O) groups excluding carboxylic acids is 1. The highest BCUT2D eigenvalue weighted by Crippen LogP contribution is 2.68. The van der Waals surface area contributed by atoms with Crippen LogP contribution in [0.1, 0.15) is 51.4 Å². The van der Waals surface area contributed by atoms with Crippen LogP contribution in [-0.4, -0.2) is 5.78 Å². The van der Waals surface area contributed by atoms with Crippen molar-refractivity contribution in [3.63, 3.8) is 0 Å². The van der Waals surface area contributed by atoms with Crippen molar-refractivity contribution in [2.75, 3.05) is 0 Å². The Balaban J connectivity index is 1.92. The second-order valence-corrected chi connectivity index (χ2v) is 6.81. The van der Waals surface area contributed by atoms with E-state index < -0.39 is 0 Å². The van der Waals surface area contributed by atoms with Gasteiger partial charge in [0.1, 0.15) is 5.78 Å². The molecule has 18 heavy (non-hydrogen) atoms. The van der Waals surface area contributed by atoms with Crippen LogP contribution in [0, 0.1) is 22.7 Å². The molecular formula is C17H22O. The number of rotatable bonds is 0. The van der Waals surface area contributed by atoms with Gasteiger partial charge in [-0.2, -0.15) is 0 Å². The van der Waals surface area contributed by atoms with E-state index in [2.05, 4.69) is 24.3 Å². The van der Waals surface area contributed by atoms with Gasteiger partial charge in [-0.1, -0.05) is 30.7 Å². The average Bonchev–Trinajstić information content (AvgIpc) is 2.80. The van der Waals surface area contributed by atoms with E-state index >= 15 is 0 Å². The van der Waals surface area contributed by atoms with Crippen molar-refractivity contribution >= 4 is 5.78 Å². The predicted octanol–water partition coefficient (Wildman–Crippen LogP) is 4.05. The molecule has 4 aliphatic carbocycles. The molecule has 0 bridgehead atoms. The molecule has 2 fully saturated rings. The van der Waals surface area contributed by atoms with E-state index in [9.17, 15) is 4.79 Å². The number of allylic oxidation sites excluding steroid dienone is 4. The van der Waals surface area contributed by atoms with Gasteiger partial charge in [0.15, 0.2) is 0 Å². The number of hydrogen-bond donors (Lipinski definition) is 0. The number of ketones is 1. The first-order chi connectivity index (χ1) is 8.80. The highest BCUT2D eigenvalue weighted by atomic mass is 16.1. The second kappa shape index (κ2) is 3.59. The molecule has 0 aliphatic heterocycles. The zero-order chi connectivity index (χ0) is 12.2. The van der Waals surface area contributed by atoms with Crippen LogP contribution in [-0.2, 0) is 4.79 Å². The van der Waals surface area contributed by atoms with E-state index in [1.165, 1.54) is 25.7 Å². The van der Waals surface area contributed by atoms with Gasteiger partial charge in [-0.15, -0.1) is 0 Å². The van der Waals surface area contributed by atoms with Crippen molar-refractivity contribution in [1.82, 2.24) is 0 Å². The van der Waals surface area contributed by atoms with Gasteiger partial charge in [-0.3, -0.25) is 4.79 Å². The van der Waals surface area contributed by atoms with Gasteiger partial charge in [-0.25, -0.2) is 0 Å². The molecule has 0 amide bonds. The highest BCUT2D eigenvalue weighted by Gasteiger charge is 2.64. The lowest BCUT2D eigenvalue weighted by Gasteiger charge is -2.59. The zero-order valence-electron chi connectivity index (χ0n) is 11.0. The molecular weight excluding hydrogens is 220 g/mol. The first kappa shape index (κ1) is 11.0. The maximum absolute atomic E-state index is 12.9. The van der Waals surface area contributed by atoms with Crippen LogP contribution in [0.5, 0.6) is 0 Å². The normalized spacial score (nSPS) is 49.7. The minimum absolute atomic E-state index is 0.00405. The smallest absolute Gasteiger partial charge is 0.140 e. The summed E-state index contributed by atoms with van der Waals surface area (Å²) in [6.07, 6.45) is 18.9. The Morgan fingerprint density at radius 2 is 1.78 bits per heavy atom. The second-order valence-electron chi connectivity index (χ2n) is 6.81. The molecule has 0 heterocycles. The van der Waals surface area contributed by atoms with E-state index in [0.717, 1.165) is 25.7 Å². The van der Waals surface area contributed by atoms with Crippen molar-refractivity contribution in [3.05, 3.63) is 24.3 Å². The van der Waals surface area contributed by atoms with Gasteiger partial charge in [0.25, 0.3) is 0 Å². The standard InChI is InChI=1S/C17H22O/c18-15-9-1-5-14-8-3-11-16-10-2-6-13(16)7-4-12-17(14,15)16/h3-4,7-8,13-14H,1-2,5-6,9-12H2. The van der Waals surface area contributed by atoms with Crippen molar-refractivity contribution in [2.45, 2.75) is 51.4 Å². The van der Waals surface area contributed by atoms with Crippen molar-refractivity contribution in [2.24, 2.45) is 22.7 Å². The third kappa shape index (κ3) is 1.07. The molecule has 0 aromatic rings. The Morgan fingerprint density at radius 3 is 2.72 bits per heavy atom. The molecule has 96 valence electrons. The molecule has 0 radical (unpaired) electrons. The van der Waals surface area contributed by atoms with E-state index in [1.807, 2.05) is 0 Å². The number of carbonyl (C=O) groups is 1. The van der Waals surface area contributed by atoms with Gasteiger partial charge >= 0.3 is 0 Å². The minimum Gasteiger partial charge on any atom is -0.299 e. The summed E-state index contributed by atoms with van der Waals surface area (Å²) in [5.41, 5.74) is 0.300. The van der Waals surface area contributed by atoms with Gasteiger partial charge < -0.3 is 0 Å². The van der Waals surface area contributed by atoms with E-state index in [-0.39, 0.29) is 5.41 Å². The Hall–Kier alpha value is -0.850. The molecule has 4 atom stereocenters. The average molecular weight is 242 g/mol. The predicted molar refractivity (Wildman–Crippen MR) is 72.1 cm³/mol. The van der Waals surface area contributed by atoms with E-state index in [4.69, 9.17) is 0 Å². The van der Waals surface area contributed by atoms with Gasteiger partial charge in [0.2, 0.25) is 0 Å². The summed E-state index contributed by atoms with van der Waals surface area (Å²) in [5.74, 6) is 1.82. The molecule has 4 unspecified atom stereocenters. The lowest BCUT2D eigenvalue weighted by molar-refractivity contribution is -0.150. The van der Waals surface area contributed by atoms with E-state index in [1.54, 1.807) is 0 Å². The number of Topliss-reactive ketones (excluding diaryl/α,β-unsaturated/α-hetero) is 1. The van der Waals surface area contributed by atoms with Gasteiger partial charge in [-0.05, 0) is 55.8 Å². The highest BCUT2D eigenvalue weighted by molar-refractivity contribution is 5.88. The minimum atomic E-state index is -0.00405. The van der Waals surface area contributed by atoms with Crippen LogP contribution >= 0.6 is 0 Å². The Bertz CT molecular complexity index is 447. The molecule has 4 rings (SSSR count). The maximum atomic E-state index is 12.9. The van der Waals surface area contributed by atoms with Crippen LogP contribution in [0.4, 0.5) is 0 Å². The van der Waals surface area contributed by atoms with Crippen molar-refractivity contribution in [1.29, 1.82) is 0 Å². The summed E-state index contributed by atoms with van der Waals surface area (Å²) in [6, 6.07) is 0. The fourth-order valence-electron chi connectivity index (χ4n) is 5.76. The fourth-order valence-corrected chi connectivity index (χ4v) is 5.76. The van der Waals surface area contributed by atoms with Gasteiger partial charge in [0, 0.05) is 11.8 Å². The largest absolute Gasteiger partial charge is 0.299 e. The molecule has 1 heteroatoms. The molecule has 0 aromatic carbocycles. The topological polar surface area (TPSA) is 17.1 Å². The summed E-state index contributed by atoms with van der Waals surface area (Å²) in [5, 5.41) is 0. The Kier molecular flexibility index (Phi) is 2.19. The molecule has 0 N–H and O–H groups in total. The first-order valence-corrected chi connectivity index (χ1v) is 7.66. The molecule has 2 saturated carbocycles. The quantitative estimate of drug-likeness (QED) is 0.586. The summed E-state index contributed by atoms with van der Waals surface area (Å²) >= 11 is 0. The van der Waals surface area contributed by atoms with E-state index in [0.29, 0.717) is 23.0 Å². The first-order valence-electron chi connectivity index (χ1n) is 7.66. The maximum Gasteiger partial charge on any atom is 0.140 e. The monoisotopic (exact) mass is 242 g/mol. The summed E-state index contributed by atoms with van der Waals surface area (Å²) in [7, 11) is 0. The summed E-state index contributed by atoms with van der Waals surface area (Å²) in [4.78, 5) is 12.9. The fraction of sp³-hybridized carbons (Fsp3) is 0.706. The third-order valence-electron chi connectivity index (χ3n) is 6.44. The van der Waals surface area contributed by atoms with Crippen molar-refractivity contribution < 1.29 is 4.79 Å². The number of hydrogen-bond acceptors (Lipinski definition) is 1. The lowest BCUT2D eigenvalue weighted by atomic mass is 9.43. The Labute approximate surface area is 109 Å². The SMILES string of the molecule is O=C1CCCC2C=CCC34CCCC3C=CCC124. The van der Waals surface area contributed by atoms with Crippen LogP contribution < -0.4 is 0 Å². The lowest BCUT2D eigenvalue weighted by Crippen LogP contribution is -2.57. The third-order valence-corrected chi connectivity index (χ3v) is 6.44. The summed E-state index contributed by atoms with van der Waals surface area (Å²) in [6.45, 7) is 0. The molecule has 2 spiro atoms. The van der Waals surface area contributed by atoms with Crippen LogP contribution in [0.3, 0.4) is 0 Å². The Morgan fingerprint density at radius 1 is 1.00 bits per heavy atom. The van der Waals surface area contributed by atoms with Crippen LogP contribution in [0.25, 0.3) is 0 Å². The van der Waals surface area contributed by atoms with Gasteiger partial charge in [0.05, 0.1) is 0 Å². The summed E-state index contributed by atoms with van der Waals surface area (Å²) < 4.78 is 0. The van der Waals surface area contributed by atoms with Crippen LogP contribution in [0.15, 0.2) is 24.3 Å².